The van der Waals surface area contributed by atoms with Crippen LogP contribution in [0.15, 0.2) is 54.3 Å². The fourth-order valence-electron chi connectivity index (χ4n) is 2.72. The largest absolute Gasteiger partial charge is 0.394 e. The summed E-state index contributed by atoms with van der Waals surface area (Å²) in [6.07, 6.45) is 4.09. The Morgan fingerprint density at radius 2 is 1.95 bits per heavy atom. The van der Waals surface area contributed by atoms with Gasteiger partial charge in [-0.1, -0.05) is 42.8 Å². The zero-order valence-corrected chi connectivity index (χ0v) is 14.2. The van der Waals surface area contributed by atoms with Crippen LogP contribution in [-0.4, -0.2) is 7.05 Å². The lowest BCUT2D eigenvalue weighted by Gasteiger charge is -2.23. The Morgan fingerprint density at radius 1 is 1.29 bits per heavy atom. The molecule has 1 rings (SSSR count). The highest BCUT2D eigenvalue weighted by Gasteiger charge is 2.18. The van der Waals surface area contributed by atoms with E-state index in [-0.39, 0.29) is 0 Å². The lowest BCUT2D eigenvalue weighted by atomic mass is 9.82. The Bertz CT molecular complexity index is 549. The minimum atomic E-state index is 0.318. The summed E-state index contributed by atoms with van der Waals surface area (Å²) in [6.45, 7) is 16.8. The Morgan fingerprint density at radius 3 is 2.43 bits per heavy atom. The van der Waals surface area contributed by atoms with Crippen LogP contribution in [0.1, 0.15) is 49.8 Å². The summed E-state index contributed by atoms with van der Waals surface area (Å²) in [4.78, 5) is 0. The Labute approximate surface area is 130 Å². The molecule has 0 aliphatic carbocycles. The lowest BCUT2D eigenvalue weighted by molar-refractivity contribution is 0.774. The second-order valence-corrected chi connectivity index (χ2v) is 5.92. The van der Waals surface area contributed by atoms with Crippen molar-refractivity contribution in [3.05, 3.63) is 71.0 Å². The van der Waals surface area contributed by atoms with Crippen LogP contribution >= 0.6 is 0 Å². The van der Waals surface area contributed by atoms with Gasteiger partial charge < -0.3 is 5.32 Å². The first kappa shape index (κ1) is 17.3. The number of rotatable bonds is 7. The molecule has 0 spiro atoms. The summed E-state index contributed by atoms with van der Waals surface area (Å²) in [6, 6.07) is 6.82. The molecule has 21 heavy (non-hydrogen) atoms. The van der Waals surface area contributed by atoms with Crippen molar-refractivity contribution in [3.63, 3.8) is 0 Å². The van der Waals surface area contributed by atoms with Crippen molar-refractivity contribution in [1.82, 2.24) is 5.32 Å². The molecule has 0 amide bonds. The van der Waals surface area contributed by atoms with Gasteiger partial charge in [-0.3, -0.25) is 0 Å². The normalized spacial score (nSPS) is 12.9. The highest BCUT2D eigenvalue weighted by molar-refractivity contribution is 5.43. The molecule has 1 atom stereocenters. The monoisotopic (exact) mass is 283 g/mol. The average molecular weight is 283 g/mol. The van der Waals surface area contributed by atoms with E-state index in [0.29, 0.717) is 5.92 Å². The van der Waals surface area contributed by atoms with Crippen LogP contribution in [0.25, 0.3) is 0 Å². The van der Waals surface area contributed by atoms with Crippen molar-refractivity contribution in [2.45, 2.75) is 46.5 Å². The van der Waals surface area contributed by atoms with E-state index in [4.69, 9.17) is 0 Å². The van der Waals surface area contributed by atoms with Gasteiger partial charge in [0.25, 0.3) is 0 Å². The Hall–Kier alpha value is -1.76. The van der Waals surface area contributed by atoms with Crippen LogP contribution < -0.4 is 5.32 Å². The molecule has 1 heteroatoms. The molecule has 1 aromatic rings. The van der Waals surface area contributed by atoms with Gasteiger partial charge in [0, 0.05) is 19.2 Å². The predicted molar refractivity (Wildman–Crippen MR) is 94.7 cm³/mol. The zero-order valence-electron chi connectivity index (χ0n) is 14.2. The van der Waals surface area contributed by atoms with Crippen molar-refractivity contribution in [2.24, 2.45) is 0 Å². The molecule has 0 aromatic heterocycles. The third-order valence-electron chi connectivity index (χ3n) is 3.88. The van der Waals surface area contributed by atoms with Crippen LogP contribution in [0.5, 0.6) is 0 Å². The molecule has 1 nitrogen and oxygen atoms in total. The molecule has 1 unspecified atom stereocenters. The molecule has 1 aromatic carbocycles. The number of hydrogen-bond donors (Lipinski definition) is 1. The maximum Gasteiger partial charge on any atom is 0.0143 e. The maximum absolute atomic E-state index is 4.15. The molecule has 0 heterocycles. The molecule has 0 aliphatic rings. The molecule has 0 aliphatic heterocycles. The van der Waals surface area contributed by atoms with E-state index in [0.717, 1.165) is 18.4 Å². The SMILES string of the molecule is C=C(C)CC(/C(=C/NC)C(=C)C)c1ccc(C)c(CC)c1. The van der Waals surface area contributed by atoms with Gasteiger partial charge in [0.15, 0.2) is 0 Å². The minimum Gasteiger partial charge on any atom is -0.394 e. The zero-order chi connectivity index (χ0) is 16.0. The molecule has 1 N–H and O–H groups in total. The Balaban J connectivity index is 3.33. The van der Waals surface area contributed by atoms with E-state index in [1.807, 2.05) is 7.05 Å². The fourth-order valence-corrected chi connectivity index (χ4v) is 2.72. The highest BCUT2D eigenvalue weighted by atomic mass is 14.8. The molecular weight excluding hydrogens is 254 g/mol. The van der Waals surface area contributed by atoms with Gasteiger partial charge in [-0.2, -0.15) is 0 Å². The summed E-state index contributed by atoms with van der Waals surface area (Å²) in [5, 5.41) is 3.16. The average Bonchev–Trinajstić information content (AvgIpc) is 2.42. The van der Waals surface area contributed by atoms with Crippen LogP contribution in [0, 0.1) is 6.92 Å². The molecule has 0 radical (unpaired) electrons. The van der Waals surface area contributed by atoms with E-state index in [1.54, 1.807) is 0 Å². The van der Waals surface area contributed by atoms with E-state index in [2.05, 4.69) is 70.6 Å². The molecule has 0 bridgehead atoms. The van der Waals surface area contributed by atoms with Crippen molar-refractivity contribution in [3.8, 4) is 0 Å². The van der Waals surface area contributed by atoms with Gasteiger partial charge >= 0.3 is 0 Å². The van der Waals surface area contributed by atoms with Gasteiger partial charge in [-0.05, 0) is 55.9 Å². The number of nitrogens with one attached hydrogen (secondary N) is 1. The van der Waals surface area contributed by atoms with E-state index in [1.165, 1.54) is 27.8 Å². The van der Waals surface area contributed by atoms with Gasteiger partial charge in [-0.15, -0.1) is 6.58 Å². The topological polar surface area (TPSA) is 12.0 Å². The second kappa shape index (κ2) is 7.87. The van der Waals surface area contributed by atoms with E-state index in [9.17, 15) is 0 Å². The summed E-state index contributed by atoms with van der Waals surface area (Å²) >= 11 is 0. The first-order valence-corrected chi connectivity index (χ1v) is 7.67. The fraction of sp³-hybridized carbons (Fsp3) is 0.400. The van der Waals surface area contributed by atoms with E-state index >= 15 is 0 Å². The highest BCUT2D eigenvalue weighted by Crippen LogP contribution is 2.34. The number of aryl methyl sites for hydroxylation is 2. The molecule has 0 saturated carbocycles. The number of benzene rings is 1. The molecule has 0 saturated heterocycles. The van der Waals surface area contributed by atoms with Crippen LogP contribution in [-0.2, 0) is 6.42 Å². The van der Waals surface area contributed by atoms with E-state index < -0.39 is 0 Å². The minimum absolute atomic E-state index is 0.318. The van der Waals surface area contributed by atoms with Crippen molar-refractivity contribution in [2.75, 3.05) is 7.05 Å². The van der Waals surface area contributed by atoms with Crippen LogP contribution in [0.2, 0.25) is 0 Å². The lowest BCUT2D eigenvalue weighted by Crippen LogP contribution is -2.09. The third kappa shape index (κ3) is 4.63. The molecule has 114 valence electrons. The summed E-state index contributed by atoms with van der Waals surface area (Å²) < 4.78 is 0. The third-order valence-corrected chi connectivity index (χ3v) is 3.88. The van der Waals surface area contributed by atoms with Gasteiger partial charge in [0.05, 0.1) is 0 Å². The molecule has 0 fully saturated rings. The van der Waals surface area contributed by atoms with Gasteiger partial charge in [0.2, 0.25) is 0 Å². The molecular formula is C20H29N. The maximum atomic E-state index is 4.15. The standard InChI is InChI=1S/C20H29N/c1-8-17-12-18(10-9-16(17)6)19(11-14(2)3)20(13-21-7)15(4)5/h9-10,12-13,19,21H,2,4,8,11H2,1,3,5-7H3/b20-13+. The number of hydrogen-bond acceptors (Lipinski definition) is 1. The van der Waals surface area contributed by atoms with Crippen LogP contribution in [0.3, 0.4) is 0 Å². The number of allylic oxidation sites excluding steroid dienone is 3. The van der Waals surface area contributed by atoms with Crippen molar-refractivity contribution < 1.29 is 0 Å². The van der Waals surface area contributed by atoms with Crippen LogP contribution in [0.4, 0.5) is 0 Å². The smallest absolute Gasteiger partial charge is 0.0143 e. The summed E-state index contributed by atoms with van der Waals surface area (Å²) in [5.41, 5.74) is 7.70. The summed E-state index contributed by atoms with van der Waals surface area (Å²) in [5.74, 6) is 0.318. The Kier molecular flexibility index (Phi) is 6.48. The quantitative estimate of drug-likeness (QED) is 0.530. The van der Waals surface area contributed by atoms with Crippen molar-refractivity contribution in [1.29, 1.82) is 0 Å². The van der Waals surface area contributed by atoms with Gasteiger partial charge in [0.1, 0.15) is 0 Å². The van der Waals surface area contributed by atoms with Crippen molar-refractivity contribution >= 4 is 0 Å². The first-order chi connectivity index (χ1) is 9.90. The second-order valence-electron chi connectivity index (χ2n) is 5.92. The first-order valence-electron chi connectivity index (χ1n) is 7.67. The van der Waals surface area contributed by atoms with Gasteiger partial charge in [-0.25, -0.2) is 0 Å². The predicted octanol–water partition coefficient (Wildman–Crippen LogP) is 5.29. The summed E-state index contributed by atoms with van der Waals surface area (Å²) in [7, 11) is 1.94.